The Hall–Kier alpha value is -1.17. The van der Waals surface area contributed by atoms with E-state index in [2.05, 4.69) is 4.72 Å². The number of benzene rings is 1. The average molecular weight is 240 g/mol. The number of nitrogens with two attached hydrogens (primary N) is 1. The fourth-order valence-corrected chi connectivity index (χ4v) is 1.97. The molecule has 0 aromatic heterocycles. The van der Waals surface area contributed by atoms with Crippen LogP contribution in [-0.2, 0) is 16.6 Å². The summed E-state index contributed by atoms with van der Waals surface area (Å²) >= 11 is 0. The van der Waals surface area contributed by atoms with Gasteiger partial charge in [-0.15, -0.1) is 0 Å². The van der Waals surface area contributed by atoms with Gasteiger partial charge in [-0.1, -0.05) is 36.4 Å². The third kappa shape index (κ3) is 5.06. The van der Waals surface area contributed by atoms with Gasteiger partial charge in [-0.2, -0.15) is 0 Å². The molecule has 0 amide bonds. The van der Waals surface area contributed by atoms with E-state index in [1.54, 1.807) is 6.92 Å². The lowest BCUT2D eigenvalue weighted by molar-refractivity contribution is 0.590. The maximum atomic E-state index is 11.5. The Balaban J connectivity index is 2.55. The number of nitrogens with one attached hydrogen (secondary N) is 1. The Morgan fingerprint density at radius 2 is 2.00 bits per heavy atom. The molecule has 4 nitrogen and oxygen atoms in total. The quantitative estimate of drug-likeness (QED) is 0.805. The average Bonchev–Trinajstić information content (AvgIpc) is 2.26. The van der Waals surface area contributed by atoms with Gasteiger partial charge in [-0.3, -0.25) is 0 Å². The van der Waals surface area contributed by atoms with Crippen LogP contribution in [0.4, 0.5) is 0 Å². The summed E-state index contributed by atoms with van der Waals surface area (Å²) in [6.07, 6.45) is 1.44. The molecular weight excluding hydrogens is 224 g/mol. The van der Waals surface area contributed by atoms with Crippen LogP contribution >= 0.6 is 0 Å². The summed E-state index contributed by atoms with van der Waals surface area (Å²) in [5.41, 5.74) is 6.34. The SMILES string of the molecule is C[C@H](N)/C=C/S(=O)(=O)NCc1ccccc1. The van der Waals surface area contributed by atoms with Crippen LogP contribution in [0.2, 0.25) is 0 Å². The van der Waals surface area contributed by atoms with Gasteiger partial charge in [0, 0.05) is 18.0 Å². The maximum absolute atomic E-state index is 11.5. The van der Waals surface area contributed by atoms with Crippen molar-refractivity contribution in [2.45, 2.75) is 19.5 Å². The summed E-state index contributed by atoms with van der Waals surface area (Å²) in [6.45, 7) is 2.00. The minimum Gasteiger partial charge on any atom is -0.325 e. The number of hydrogen-bond acceptors (Lipinski definition) is 3. The Morgan fingerprint density at radius 1 is 1.38 bits per heavy atom. The first-order valence-electron chi connectivity index (χ1n) is 4.97. The second kappa shape index (κ2) is 5.79. The van der Waals surface area contributed by atoms with E-state index < -0.39 is 10.0 Å². The van der Waals surface area contributed by atoms with E-state index in [-0.39, 0.29) is 12.6 Å². The predicted molar refractivity (Wildman–Crippen MR) is 65.0 cm³/mol. The van der Waals surface area contributed by atoms with Crippen molar-refractivity contribution >= 4 is 10.0 Å². The zero-order chi connectivity index (χ0) is 12.0. The largest absolute Gasteiger partial charge is 0.325 e. The van der Waals surface area contributed by atoms with Crippen molar-refractivity contribution in [1.29, 1.82) is 0 Å². The highest BCUT2D eigenvalue weighted by molar-refractivity contribution is 7.92. The van der Waals surface area contributed by atoms with E-state index in [4.69, 9.17) is 5.73 Å². The van der Waals surface area contributed by atoms with Gasteiger partial charge in [-0.25, -0.2) is 13.1 Å². The molecule has 0 fully saturated rings. The van der Waals surface area contributed by atoms with Gasteiger partial charge < -0.3 is 5.73 Å². The van der Waals surface area contributed by atoms with Crippen LogP contribution in [0.25, 0.3) is 0 Å². The van der Waals surface area contributed by atoms with Crippen molar-refractivity contribution in [3.63, 3.8) is 0 Å². The molecular formula is C11H16N2O2S. The van der Waals surface area contributed by atoms with Crippen molar-refractivity contribution < 1.29 is 8.42 Å². The summed E-state index contributed by atoms with van der Waals surface area (Å²) in [7, 11) is -3.39. The normalized spacial score (nSPS) is 14.1. The van der Waals surface area contributed by atoms with Crippen molar-refractivity contribution in [2.24, 2.45) is 5.73 Å². The summed E-state index contributed by atoms with van der Waals surface area (Å²) in [5.74, 6) is 0. The number of hydrogen-bond donors (Lipinski definition) is 2. The minimum atomic E-state index is -3.39. The van der Waals surface area contributed by atoms with E-state index in [1.165, 1.54) is 6.08 Å². The summed E-state index contributed by atoms with van der Waals surface area (Å²) in [6, 6.07) is 9.06. The van der Waals surface area contributed by atoms with Crippen LogP contribution in [0.15, 0.2) is 41.8 Å². The molecule has 3 N–H and O–H groups in total. The van der Waals surface area contributed by atoms with Crippen LogP contribution in [0.1, 0.15) is 12.5 Å². The molecule has 1 rings (SSSR count). The van der Waals surface area contributed by atoms with Crippen LogP contribution in [0.3, 0.4) is 0 Å². The molecule has 0 aliphatic carbocycles. The monoisotopic (exact) mass is 240 g/mol. The van der Waals surface area contributed by atoms with Gasteiger partial charge in [-0.05, 0) is 12.5 Å². The Morgan fingerprint density at radius 3 is 2.56 bits per heavy atom. The van der Waals surface area contributed by atoms with E-state index in [0.29, 0.717) is 0 Å². The Bertz CT molecular complexity index is 438. The van der Waals surface area contributed by atoms with E-state index in [0.717, 1.165) is 11.0 Å². The zero-order valence-corrected chi connectivity index (χ0v) is 9.94. The maximum Gasteiger partial charge on any atom is 0.233 e. The second-order valence-corrected chi connectivity index (χ2v) is 5.19. The standard InChI is InChI=1S/C11H16N2O2S/c1-10(12)7-8-16(14,15)13-9-11-5-3-2-4-6-11/h2-8,10,13H,9,12H2,1H3/b8-7+/t10-/m0/s1. The molecule has 0 aliphatic heterocycles. The van der Waals surface area contributed by atoms with Gasteiger partial charge >= 0.3 is 0 Å². The molecule has 0 heterocycles. The first-order valence-corrected chi connectivity index (χ1v) is 6.51. The molecule has 0 radical (unpaired) electrons. The summed E-state index contributed by atoms with van der Waals surface area (Å²) in [4.78, 5) is 0. The van der Waals surface area contributed by atoms with Crippen LogP contribution in [-0.4, -0.2) is 14.5 Å². The third-order valence-corrected chi connectivity index (χ3v) is 2.94. The third-order valence-electron chi connectivity index (χ3n) is 1.88. The topological polar surface area (TPSA) is 72.2 Å². The fourth-order valence-electron chi connectivity index (χ4n) is 1.06. The van der Waals surface area contributed by atoms with Gasteiger partial charge in [0.15, 0.2) is 0 Å². The fraction of sp³-hybridized carbons (Fsp3) is 0.273. The highest BCUT2D eigenvalue weighted by Gasteiger charge is 2.04. The number of rotatable bonds is 5. The highest BCUT2D eigenvalue weighted by atomic mass is 32.2. The Kier molecular flexibility index (Phi) is 4.67. The van der Waals surface area contributed by atoms with E-state index in [1.807, 2.05) is 30.3 Å². The molecule has 0 bridgehead atoms. The molecule has 1 aromatic carbocycles. The Labute approximate surface area is 96.2 Å². The molecule has 5 heteroatoms. The van der Waals surface area contributed by atoms with Gasteiger partial charge in [0.25, 0.3) is 0 Å². The molecule has 0 aliphatic rings. The molecule has 0 spiro atoms. The lowest BCUT2D eigenvalue weighted by Gasteiger charge is -2.03. The molecule has 0 saturated heterocycles. The first kappa shape index (κ1) is 12.9. The van der Waals surface area contributed by atoms with E-state index in [9.17, 15) is 8.42 Å². The second-order valence-electron chi connectivity index (χ2n) is 3.54. The molecule has 0 saturated carbocycles. The van der Waals surface area contributed by atoms with Crippen LogP contribution in [0, 0.1) is 0 Å². The lowest BCUT2D eigenvalue weighted by Crippen LogP contribution is -2.21. The van der Waals surface area contributed by atoms with Crippen molar-refractivity contribution in [1.82, 2.24) is 4.72 Å². The smallest absolute Gasteiger partial charge is 0.233 e. The molecule has 16 heavy (non-hydrogen) atoms. The molecule has 88 valence electrons. The summed E-state index contributed by atoms with van der Waals surface area (Å²) < 4.78 is 25.4. The zero-order valence-electron chi connectivity index (χ0n) is 9.13. The van der Waals surface area contributed by atoms with Gasteiger partial charge in [0.1, 0.15) is 0 Å². The molecule has 1 atom stereocenters. The first-order chi connectivity index (χ1) is 7.49. The van der Waals surface area contributed by atoms with Crippen molar-refractivity contribution in [3.8, 4) is 0 Å². The number of sulfonamides is 1. The van der Waals surface area contributed by atoms with Crippen molar-refractivity contribution in [2.75, 3.05) is 0 Å². The molecule has 1 aromatic rings. The van der Waals surface area contributed by atoms with Gasteiger partial charge in [0.2, 0.25) is 10.0 Å². The van der Waals surface area contributed by atoms with Crippen LogP contribution < -0.4 is 10.5 Å². The molecule has 0 unspecified atom stereocenters. The van der Waals surface area contributed by atoms with Gasteiger partial charge in [0.05, 0.1) is 0 Å². The predicted octanol–water partition coefficient (Wildman–Crippen LogP) is 0.967. The summed E-state index contributed by atoms with van der Waals surface area (Å²) in [5, 5.41) is 1.10. The lowest BCUT2D eigenvalue weighted by atomic mass is 10.2. The van der Waals surface area contributed by atoms with E-state index >= 15 is 0 Å². The van der Waals surface area contributed by atoms with Crippen LogP contribution in [0.5, 0.6) is 0 Å². The minimum absolute atomic E-state index is 0.270. The van der Waals surface area contributed by atoms with Crippen molar-refractivity contribution in [3.05, 3.63) is 47.4 Å². The highest BCUT2D eigenvalue weighted by Crippen LogP contribution is 1.99.